The molecule has 0 unspecified atom stereocenters. The third-order valence-corrected chi connectivity index (χ3v) is 14.3. The SMILES string of the molecule is BrB(Br)Br.Cc1ccc2nc(-c3ccc4c(c3)OCO4)n(-c3ccnc(N[C@H]4CCCN(C(=O)C5CC5)C4)n3)c2c1.O=C(C1CC1)N1CCC[C@H](Nc2nccc(-n3c(-c4ccc5c(n4)OCO5)nc4ccc(O)cc43)n2)C1. The van der Waals surface area contributed by atoms with E-state index in [2.05, 4.69) is 96.5 Å². The van der Waals surface area contributed by atoms with E-state index in [4.69, 9.17) is 38.9 Å². The van der Waals surface area contributed by atoms with Gasteiger partial charge in [-0.25, -0.2) is 24.9 Å². The first-order chi connectivity index (χ1) is 38.0. The van der Waals surface area contributed by atoms with Crippen molar-refractivity contribution in [3.05, 3.63) is 96.8 Å². The fourth-order valence-electron chi connectivity index (χ4n) is 10.2. The lowest BCUT2D eigenvalue weighted by Crippen LogP contribution is -2.45. The van der Waals surface area contributed by atoms with Crippen LogP contribution in [-0.4, -0.2) is 126 Å². The Kier molecular flexibility index (Phi) is 14.8. The number of fused-ring (bicyclic) bond motifs is 4. The summed E-state index contributed by atoms with van der Waals surface area (Å²) in [6, 6.07) is 24.6. The van der Waals surface area contributed by atoms with E-state index in [9.17, 15) is 14.7 Å². The Labute approximate surface area is 473 Å². The highest BCUT2D eigenvalue weighted by atomic mass is 79.9. The van der Waals surface area contributed by atoms with Crippen LogP contribution in [0.1, 0.15) is 56.9 Å². The number of likely N-dealkylation sites (tertiary alicyclic amines) is 2. The average Bonchev–Trinajstić information content (AvgIpc) is 4.42. The minimum absolute atomic E-state index is 0.0743. The number of piperidine rings is 2. The third-order valence-electron chi connectivity index (χ3n) is 14.3. The first kappa shape index (κ1) is 51.7. The van der Waals surface area contributed by atoms with Crippen molar-refractivity contribution in [2.75, 3.05) is 50.4 Å². The topological polar surface area (TPSA) is 222 Å². The van der Waals surface area contributed by atoms with Gasteiger partial charge >= 0.3 is 3.18 Å². The number of nitrogens with zero attached hydrogens (tertiary/aromatic N) is 11. The lowest BCUT2D eigenvalue weighted by molar-refractivity contribution is -0.134. The van der Waals surface area contributed by atoms with E-state index in [0.29, 0.717) is 76.6 Å². The maximum atomic E-state index is 12.6. The van der Waals surface area contributed by atoms with Gasteiger partial charge in [0, 0.05) is 74.1 Å². The Hall–Kier alpha value is -7.05. The van der Waals surface area contributed by atoms with Crippen molar-refractivity contribution in [2.24, 2.45) is 11.8 Å². The molecule has 4 aliphatic heterocycles. The van der Waals surface area contributed by atoms with Gasteiger partial charge < -0.3 is 44.5 Å². The summed E-state index contributed by atoms with van der Waals surface area (Å²) in [5.41, 5.74) is 5.84. The molecule has 400 valence electrons. The third kappa shape index (κ3) is 11.4. The van der Waals surface area contributed by atoms with E-state index in [1.54, 1.807) is 42.7 Å². The zero-order valence-electron chi connectivity index (χ0n) is 42.4. The number of pyridine rings is 1. The summed E-state index contributed by atoms with van der Waals surface area (Å²) in [6.45, 7) is 5.41. The minimum atomic E-state index is 0.0743. The number of imidazole rings is 2. The lowest BCUT2D eigenvalue weighted by atomic mass is 10.1. The second kappa shape index (κ2) is 22.4. The number of nitrogens with one attached hydrogen (secondary N) is 2. The molecule has 6 aliphatic rings. The summed E-state index contributed by atoms with van der Waals surface area (Å²) < 4.78 is 26.2. The molecule has 14 rings (SSSR count). The van der Waals surface area contributed by atoms with Crippen LogP contribution in [0.2, 0.25) is 0 Å². The number of ether oxygens (including phenoxy) is 4. The first-order valence-corrected chi connectivity index (χ1v) is 28.8. The van der Waals surface area contributed by atoms with Crippen LogP contribution >= 0.6 is 47.3 Å². The molecule has 8 aromatic rings. The molecule has 2 atom stereocenters. The molecule has 4 fully saturated rings. The molecule has 2 saturated heterocycles. The molecule has 0 bridgehead atoms. The van der Waals surface area contributed by atoms with Crippen LogP contribution in [0.5, 0.6) is 28.9 Å². The molecule has 3 N–H and O–H groups in total. The van der Waals surface area contributed by atoms with E-state index in [0.717, 1.165) is 104 Å². The summed E-state index contributed by atoms with van der Waals surface area (Å²) in [4.78, 5) is 62.2. The van der Waals surface area contributed by atoms with Gasteiger partial charge in [0.1, 0.15) is 28.9 Å². The Balaban J connectivity index is 0.000000146. The number of hydrogen-bond donors (Lipinski definition) is 3. The van der Waals surface area contributed by atoms with Crippen LogP contribution in [0.25, 0.3) is 56.6 Å². The Morgan fingerprint density at radius 1 is 0.603 bits per heavy atom. The number of benzene rings is 3. The first-order valence-electron chi connectivity index (χ1n) is 26.1. The number of carbonyl (C=O) groups excluding carboxylic acids is 2. The van der Waals surface area contributed by atoms with Gasteiger partial charge in [-0.2, -0.15) is 9.97 Å². The van der Waals surface area contributed by atoms with E-state index in [-0.39, 0.29) is 52.3 Å². The summed E-state index contributed by atoms with van der Waals surface area (Å²) >= 11 is 9.31. The fraction of sp³-hybridized carbons (Fsp3) is 0.352. The highest BCUT2D eigenvalue weighted by Gasteiger charge is 2.37. The summed E-state index contributed by atoms with van der Waals surface area (Å²) in [5.74, 6) is 7.20. The number of aromatic hydroxyl groups is 1. The van der Waals surface area contributed by atoms with Crippen molar-refractivity contribution in [1.29, 1.82) is 0 Å². The predicted octanol–water partition coefficient (Wildman–Crippen LogP) is 9.61. The number of anilines is 2. The van der Waals surface area contributed by atoms with Crippen LogP contribution in [-0.2, 0) is 9.59 Å². The molecule has 78 heavy (non-hydrogen) atoms. The molecule has 2 saturated carbocycles. The number of rotatable bonds is 10. The molecule has 3 aromatic carbocycles. The molecule has 20 nitrogen and oxygen atoms in total. The molecule has 2 aliphatic carbocycles. The average molecular weight is 1250 g/mol. The second-order valence-electron chi connectivity index (χ2n) is 20.0. The number of halogens is 3. The quantitative estimate of drug-likeness (QED) is 0.108. The van der Waals surface area contributed by atoms with Gasteiger partial charge in [0.2, 0.25) is 37.3 Å². The summed E-state index contributed by atoms with van der Waals surface area (Å²) in [6.07, 6.45) is 11.4. The monoisotopic (exact) mass is 1240 g/mol. The number of amides is 2. The lowest BCUT2D eigenvalue weighted by Gasteiger charge is -2.33. The smallest absolute Gasteiger partial charge is 0.369 e. The van der Waals surface area contributed by atoms with Crippen molar-refractivity contribution >= 4 is 96.2 Å². The second-order valence-corrected chi connectivity index (χ2v) is 26.4. The molecule has 9 heterocycles. The number of aryl methyl sites for hydroxylation is 1. The van der Waals surface area contributed by atoms with Crippen molar-refractivity contribution in [1.82, 2.24) is 53.8 Å². The Bertz CT molecular complexity index is 3330. The van der Waals surface area contributed by atoms with E-state index in [1.807, 2.05) is 50.8 Å². The van der Waals surface area contributed by atoms with Crippen LogP contribution in [0.15, 0.2) is 91.3 Å². The van der Waals surface area contributed by atoms with Crippen LogP contribution in [0.3, 0.4) is 0 Å². The van der Waals surface area contributed by atoms with Gasteiger partial charge in [0.15, 0.2) is 23.1 Å². The maximum Gasteiger partial charge on any atom is 0.369 e. The zero-order valence-corrected chi connectivity index (χ0v) is 47.2. The number of phenolic OH excluding ortho intramolecular Hbond substituents is 1. The standard InChI is InChI=1S/C28H28N6O3.C26H25N7O4.BBr3/c1-17-4-8-21-22(13-17)34(26(31-21)19-7-9-23-24(14-19)37-16-36-23)25-10-11-29-28(32-25)30-20-3-2-12-33(15-20)27(35)18-5-6-18;34-17-5-6-18-20(12-17)33(23(29-18)19-7-8-21-24(30-19)37-14-36-21)22-9-10-27-26(31-22)28-16-2-1-11-32(13-16)25(35)15-3-4-15;2-1(3)4/h4,7-11,13-14,18,20H,2-3,5-6,12,15-16H2,1H3,(H,29,30,32);5-10,12,15-16,34H,1-4,11,13-14H2,(H,27,28,31);/t20-;16-;/m00./s1. The van der Waals surface area contributed by atoms with Gasteiger partial charge in [0.05, 0.1) is 22.1 Å². The Morgan fingerprint density at radius 3 is 1.79 bits per heavy atom. The molecule has 0 spiro atoms. The highest BCUT2D eigenvalue weighted by molar-refractivity contribution is 9.69. The number of carbonyl (C=O) groups is 2. The molecule has 24 heteroatoms. The number of hydrogen-bond acceptors (Lipinski definition) is 16. The van der Waals surface area contributed by atoms with E-state index >= 15 is 0 Å². The molecular formula is C54H53BBr3N13O7. The minimum Gasteiger partial charge on any atom is -0.508 e. The van der Waals surface area contributed by atoms with Gasteiger partial charge in [0.25, 0.3) is 5.88 Å². The van der Waals surface area contributed by atoms with Crippen molar-refractivity contribution < 1.29 is 33.6 Å². The molecular weight excluding hydrogens is 1190 g/mol. The van der Waals surface area contributed by atoms with Crippen molar-refractivity contribution in [2.45, 2.75) is 70.4 Å². The van der Waals surface area contributed by atoms with Crippen LogP contribution in [0, 0.1) is 18.8 Å². The normalized spacial score (nSPS) is 18.2. The van der Waals surface area contributed by atoms with Crippen LogP contribution in [0.4, 0.5) is 11.9 Å². The van der Waals surface area contributed by atoms with Gasteiger partial charge in [-0.1, -0.05) is 6.07 Å². The fourth-order valence-corrected chi connectivity index (χ4v) is 10.2. The number of phenols is 1. The van der Waals surface area contributed by atoms with Gasteiger partial charge in [-0.3, -0.25) is 18.7 Å². The van der Waals surface area contributed by atoms with Crippen LogP contribution < -0.4 is 29.6 Å². The highest BCUT2D eigenvalue weighted by Crippen LogP contribution is 2.39. The number of aromatic nitrogens is 9. The molecule has 5 aromatic heterocycles. The Morgan fingerprint density at radius 2 is 1.15 bits per heavy atom. The maximum absolute atomic E-state index is 12.6. The van der Waals surface area contributed by atoms with Gasteiger partial charge in [-0.15, -0.1) is 47.3 Å². The predicted molar refractivity (Wildman–Crippen MR) is 305 cm³/mol. The summed E-state index contributed by atoms with van der Waals surface area (Å²) in [7, 11) is 0. The van der Waals surface area contributed by atoms with Crippen molar-refractivity contribution in [3.8, 4) is 63.4 Å². The largest absolute Gasteiger partial charge is 0.508 e. The van der Waals surface area contributed by atoms with E-state index in [1.165, 1.54) is 0 Å². The van der Waals surface area contributed by atoms with E-state index < -0.39 is 0 Å². The summed E-state index contributed by atoms with van der Waals surface area (Å²) in [5, 5.41) is 17.1. The van der Waals surface area contributed by atoms with Gasteiger partial charge in [-0.05, 0) is 131 Å². The molecule has 2 amide bonds. The van der Waals surface area contributed by atoms with Crippen molar-refractivity contribution in [3.63, 3.8) is 0 Å². The molecule has 0 radical (unpaired) electrons. The zero-order chi connectivity index (χ0) is 53.4.